The Balaban J connectivity index is 1.54. The predicted octanol–water partition coefficient (Wildman–Crippen LogP) is 0.146. The van der Waals surface area contributed by atoms with Gasteiger partial charge in [-0.2, -0.15) is 0 Å². The molecule has 3 rings (SSSR count). The van der Waals surface area contributed by atoms with Crippen molar-refractivity contribution in [1.29, 1.82) is 0 Å². The Morgan fingerprint density at radius 1 is 0.411 bits per heavy atom. The van der Waals surface area contributed by atoms with Crippen molar-refractivity contribution in [2.75, 3.05) is 152 Å². The van der Waals surface area contributed by atoms with E-state index >= 15 is 0 Å². The highest BCUT2D eigenvalue weighted by atomic mass is 32.5. The molecule has 0 aromatic carbocycles. The number of carbonyl (C=O) groups excluding carboxylic acids is 1. The van der Waals surface area contributed by atoms with Gasteiger partial charge in [0.05, 0.1) is 123 Å². The van der Waals surface area contributed by atoms with Crippen molar-refractivity contribution in [3.05, 3.63) is 0 Å². The van der Waals surface area contributed by atoms with Crippen LogP contribution >= 0.6 is 26.9 Å². The summed E-state index contributed by atoms with van der Waals surface area (Å²) in [5, 5.41) is 92.7. The highest BCUT2D eigenvalue weighted by Crippen LogP contribution is 2.46. The molecule has 0 aromatic rings. The SMILES string of the molecule is COP(O)(=S)OCCCCOCC(COCCCOP(O)(=S)OCCCCOC[C@@H]1OC(CO)[C@H](O)[C@H](O)C1C)(COCCCOP(O)(=S)OCCCCO[C@@H]1OC(CO)[C@H](O)[C@H](O)C1C)COCCCOP(O)(=S)OCCCCO[C@@H]1OC(CO)[C@H](O)[C@H](O)C1NC(C)=O. The minimum absolute atomic E-state index is 0.00481. The van der Waals surface area contributed by atoms with Crippen LogP contribution in [0.15, 0.2) is 0 Å². The fraction of sp³-hybridized carbons (Fsp3) is 0.981. The molecular weight excluding hydrogens is 1430 g/mol. The van der Waals surface area contributed by atoms with Gasteiger partial charge < -0.3 is 154 Å². The molecule has 0 spiro atoms. The van der Waals surface area contributed by atoms with Crippen LogP contribution in [-0.4, -0.2) is 304 Å². The molecule has 3 aliphatic rings. The fourth-order valence-corrected chi connectivity index (χ4v) is 13.9. The Labute approximate surface area is 577 Å². The van der Waals surface area contributed by atoms with Gasteiger partial charge in [-0.15, -0.1) is 0 Å². The summed E-state index contributed by atoms with van der Waals surface area (Å²) in [6.45, 7) is -9.61. The molecule has 0 bridgehead atoms. The maximum atomic E-state index is 11.8. The number of aliphatic hydroxyl groups is 9. The third kappa shape index (κ3) is 36.4. The third-order valence-electron chi connectivity index (χ3n) is 15.1. The monoisotopic (exact) mass is 1530 g/mol. The van der Waals surface area contributed by atoms with Crippen LogP contribution in [0.25, 0.3) is 0 Å². The van der Waals surface area contributed by atoms with E-state index in [2.05, 4.69) is 5.32 Å². The van der Waals surface area contributed by atoms with Crippen LogP contribution in [0, 0.1) is 17.3 Å². The average molecular weight is 1530 g/mol. The largest absolute Gasteiger partial charge is 0.394 e. The number of ether oxygens (including phenoxy) is 10. The molecule has 564 valence electrons. The summed E-state index contributed by atoms with van der Waals surface area (Å²) in [5.74, 6) is -1.46. The standard InChI is InChI=1S/C54H107NO32P4S4/c1-38-44(85-41(30-56)48(62)46(38)60)33-71-16-5-9-24-79-89(67,93)82-27-13-18-73-35-54(34-72-17-6-10-23-78-88(66,92)70-4,36-74-19-14-28-83-90(68,94)80-25-11-7-21-76-52-39(2)47(61)49(63)42(31-57)86-52)37-75-20-15-29-84-91(69,95)81-26-12-8-22-77-53-45(55-40(3)59)51(65)50(64)43(32-58)87-53/h38-39,41-53,56-58,60-65H,5-37H2,1-4H3,(H,55,59)(H,66,92)(H,67,93)(H,68,94)(H,69,95)/t38?,39?,41?,42?,43?,44-,45?,46+,47+,48-,49-,50-,51+,52+,53+,54?,88?,89?,90?,91?/m0/s1. The van der Waals surface area contributed by atoms with E-state index < -0.39 is 150 Å². The number of unbranched alkanes of at least 4 members (excludes halogenated alkanes) is 4. The Hall–Kier alpha value is 0.830. The van der Waals surface area contributed by atoms with Gasteiger partial charge in [0.2, 0.25) is 5.91 Å². The zero-order valence-electron chi connectivity index (χ0n) is 54.5. The topological polar surface area (TPSA) is 458 Å². The van der Waals surface area contributed by atoms with Gasteiger partial charge in [-0.25, -0.2) is 0 Å². The first-order chi connectivity index (χ1) is 45.1. The summed E-state index contributed by atoms with van der Waals surface area (Å²) in [6.07, 6.45) is -8.71. The van der Waals surface area contributed by atoms with Crippen LogP contribution in [0.2, 0.25) is 0 Å². The first-order valence-electron chi connectivity index (χ1n) is 31.7. The normalized spacial score (nSPS) is 29.8. The smallest absolute Gasteiger partial charge is 0.324 e. The van der Waals surface area contributed by atoms with E-state index in [-0.39, 0.29) is 138 Å². The maximum absolute atomic E-state index is 11.8. The summed E-state index contributed by atoms with van der Waals surface area (Å²) in [5.41, 5.74) is -0.969. The second-order valence-electron chi connectivity index (χ2n) is 23.0. The van der Waals surface area contributed by atoms with Crippen molar-refractivity contribution in [1.82, 2.24) is 5.32 Å². The molecule has 3 aliphatic heterocycles. The summed E-state index contributed by atoms with van der Waals surface area (Å²) in [6, 6.07) is -1.10. The van der Waals surface area contributed by atoms with Gasteiger partial charge in [-0.3, -0.25) is 4.79 Å². The average Bonchev–Trinajstić information content (AvgIpc) is 0.854. The third-order valence-corrected chi connectivity index (χ3v) is 21.7. The van der Waals surface area contributed by atoms with Crippen LogP contribution in [0.3, 0.4) is 0 Å². The number of amides is 1. The van der Waals surface area contributed by atoms with Gasteiger partial charge in [0.15, 0.2) is 12.6 Å². The number of nitrogens with one attached hydrogen (secondary N) is 1. The van der Waals surface area contributed by atoms with E-state index in [9.17, 15) is 70.3 Å². The highest BCUT2D eigenvalue weighted by molar-refractivity contribution is 8.08. The van der Waals surface area contributed by atoms with Crippen molar-refractivity contribution in [3.8, 4) is 0 Å². The Bertz CT molecular complexity index is 2260. The van der Waals surface area contributed by atoms with E-state index in [0.717, 1.165) is 0 Å². The van der Waals surface area contributed by atoms with Gasteiger partial charge in [0.25, 0.3) is 0 Å². The number of carbonyl (C=O) groups is 1. The molecule has 3 fully saturated rings. The van der Waals surface area contributed by atoms with E-state index in [0.29, 0.717) is 58.0 Å². The zero-order chi connectivity index (χ0) is 70.5. The van der Waals surface area contributed by atoms with E-state index in [1.807, 2.05) is 0 Å². The zero-order valence-corrected chi connectivity index (χ0v) is 61.3. The lowest BCUT2D eigenvalue weighted by Crippen LogP contribution is -2.64. The molecule has 20 atom stereocenters. The minimum Gasteiger partial charge on any atom is -0.394 e. The number of aliphatic hydroxyl groups excluding tert-OH is 9. The lowest BCUT2D eigenvalue weighted by molar-refractivity contribution is -0.282. The molecule has 41 heteroatoms. The van der Waals surface area contributed by atoms with E-state index in [4.69, 9.17) is 131 Å². The van der Waals surface area contributed by atoms with Crippen molar-refractivity contribution >= 4 is 80.0 Å². The summed E-state index contributed by atoms with van der Waals surface area (Å²) >= 11 is 20.6. The molecule has 0 saturated carbocycles. The Kier molecular flexibility index (Phi) is 46.2. The molecule has 33 nitrogen and oxygen atoms in total. The number of hydrogen-bond donors (Lipinski definition) is 14. The fourth-order valence-electron chi connectivity index (χ4n) is 9.48. The second kappa shape index (κ2) is 48.8. The Morgan fingerprint density at radius 2 is 0.726 bits per heavy atom. The molecule has 14 N–H and O–H groups in total. The lowest BCUT2D eigenvalue weighted by atomic mass is 9.88. The molecule has 11 unspecified atom stereocenters. The lowest BCUT2D eigenvalue weighted by Gasteiger charge is -2.42. The van der Waals surface area contributed by atoms with Crippen molar-refractivity contribution in [2.24, 2.45) is 17.3 Å². The molecule has 0 aliphatic carbocycles. The number of rotatable bonds is 56. The quantitative estimate of drug-likeness (QED) is 0.0285. The van der Waals surface area contributed by atoms with Crippen LogP contribution < -0.4 is 5.32 Å². The summed E-state index contributed by atoms with van der Waals surface area (Å²) in [4.78, 5) is 54.0. The van der Waals surface area contributed by atoms with E-state index in [1.165, 1.54) is 14.0 Å². The molecule has 3 saturated heterocycles. The van der Waals surface area contributed by atoms with Gasteiger partial charge >= 0.3 is 26.9 Å². The first kappa shape index (κ1) is 90.0. The van der Waals surface area contributed by atoms with Crippen molar-refractivity contribution < 1.29 is 154 Å². The van der Waals surface area contributed by atoms with Crippen LogP contribution in [0.1, 0.15) is 91.4 Å². The van der Waals surface area contributed by atoms with Gasteiger partial charge in [0, 0.05) is 72.1 Å². The van der Waals surface area contributed by atoms with Crippen LogP contribution in [-0.2, 0) is 136 Å². The summed E-state index contributed by atoms with van der Waals surface area (Å²) in [7, 11) is 1.26. The summed E-state index contributed by atoms with van der Waals surface area (Å²) < 4.78 is 102. The van der Waals surface area contributed by atoms with Crippen LogP contribution in [0.4, 0.5) is 0 Å². The predicted molar refractivity (Wildman–Crippen MR) is 353 cm³/mol. The Morgan fingerprint density at radius 3 is 1.13 bits per heavy atom. The molecule has 1 amide bonds. The maximum Gasteiger partial charge on any atom is 0.324 e. The molecule has 0 radical (unpaired) electrons. The van der Waals surface area contributed by atoms with Crippen LogP contribution in [0.5, 0.6) is 0 Å². The number of hydrogen-bond acceptors (Lipinski definition) is 32. The van der Waals surface area contributed by atoms with Gasteiger partial charge in [0.1, 0.15) is 48.8 Å². The molecular formula is C54H107NO32P4S4. The molecule has 3 heterocycles. The highest BCUT2D eigenvalue weighted by Gasteiger charge is 2.46. The van der Waals surface area contributed by atoms with E-state index in [1.54, 1.807) is 13.8 Å². The van der Waals surface area contributed by atoms with Crippen molar-refractivity contribution in [3.63, 3.8) is 0 Å². The first-order valence-corrected chi connectivity index (χ1v) is 42.1. The second-order valence-corrected chi connectivity index (χ2v) is 34.5. The van der Waals surface area contributed by atoms with Crippen molar-refractivity contribution in [2.45, 2.75) is 171 Å². The van der Waals surface area contributed by atoms with Gasteiger partial charge in [-0.1, -0.05) is 13.8 Å². The molecule has 95 heavy (non-hydrogen) atoms. The molecule has 0 aromatic heterocycles. The van der Waals surface area contributed by atoms with Gasteiger partial charge in [-0.05, 0) is 118 Å². The minimum atomic E-state index is -3.70.